The van der Waals surface area contributed by atoms with Gasteiger partial charge in [-0.05, 0) is 37.3 Å². The van der Waals surface area contributed by atoms with Crippen molar-refractivity contribution < 1.29 is 27.1 Å². The predicted octanol–water partition coefficient (Wildman–Crippen LogP) is 4.05. The lowest BCUT2D eigenvalue weighted by molar-refractivity contribution is -0.115. The molecule has 0 radical (unpaired) electrons. The van der Waals surface area contributed by atoms with Crippen LogP contribution in [0.4, 0.5) is 10.1 Å². The molecule has 1 N–H and O–H groups in total. The average molecular weight is 493 g/mol. The highest BCUT2D eigenvalue weighted by Crippen LogP contribution is 2.33. The Bertz CT molecular complexity index is 1030. The van der Waals surface area contributed by atoms with Crippen molar-refractivity contribution in [3.63, 3.8) is 0 Å². The summed E-state index contributed by atoms with van der Waals surface area (Å²) in [4.78, 5) is 12.4. The van der Waals surface area contributed by atoms with Gasteiger partial charge in [-0.15, -0.1) is 0 Å². The van der Waals surface area contributed by atoms with E-state index in [0.717, 1.165) is 0 Å². The first kappa shape index (κ1) is 21.0. The zero-order valence-electron chi connectivity index (χ0n) is 14.7. The lowest BCUT2D eigenvalue weighted by Crippen LogP contribution is -2.33. The maximum atomic E-state index is 13.9. The van der Waals surface area contributed by atoms with Crippen LogP contribution in [0.5, 0.6) is 5.75 Å². The summed E-state index contributed by atoms with van der Waals surface area (Å²) < 4.78 is 50.6. The third-order valence-corrected chi connectivity index (χ3v) is 6.92. The van der Waals surface area contributed by atoms with Crippen molar-refractivity contribution in [2.45, 2.75) is 24.5 Å². The number of carbonyl (C=O) groups excluding carboxylic acids is 1. The number of rotatable bonds is 5. The van der Waals surface area contributed by atoms with Crippen LogP contribution in [0.3, 0.4) is 0 Å². The molecular weight excluding hydrogens is 477 g/mol. The largest absolute Gasteiger partial charge is 0.467 e. The van der Waals surface area contributed by atoms with Crippen LogP contribution in [0.25, 0.3) is 0 Å². The summed E-state index contributed by atoms with van der Waals surface area (Å²) in [6, 6.07) is 7.18. The van der Waals surface area contributed by atoms with E-state index in [1.165, 1.54) is 31.2 Å². The Morgan fingerprint density at radius 3 is 2.82 bits per heavy atom. The Hall–Kier alpha value is -1.68. The minimum atomic E-state index is -3.93. The van der Waals surface area contributed by atoms with Crippen LogP contribution in [0.15, 0.2) is 34.8 Å². The molecule has 1 heterocycles. The summed E-state index contributed by atoms with van der Waals surface area (Å²) >= 11 is 9.18. The Balaban J connectivity index is 1.81. The summed E-state index contributed by atoms with van der Waals surface area (Å²) in [5, 5.41) is 1.24. The highest BCUT2D eigenvalue weighted by Gasteiger charge is 2.31. The van der Waals surface area contributed by atoms with Gasteiger partial charge in [-0.1, -0.05) is 27.5 Å². The number of hydrogen-bond acceptors (Lipinski definition) is 5. The Kier molecular flexibility index (Phi) is 6.28. The summed E-state index contributed by atoms with van der Waals surface area (Å²) in [7, 11) is -3.93. The maximum Gasteiger partial charge on any atom is 0.242 e. The summed E-state index contributed by atoms with van der Waals surface area (Å²) in [5.74, 6) is -1.57. The molecule has 10 heteroatoms. The van der Waals surface area contributed by atoms with Crippen LogP contribution in [-0.4, -0.2) is 26.4 Å². The van der Waals surface area contributed by atoms with Crippen LogP contribution in [-0.2, 0) is 31.7 Å². The smallest absolute Gasteiger partial charge is 0.242 e. The van der Waals surface area contributed by atoms with Gasteiger partial charge in [0.15, 0.2) is 16.6 Å². The van der Waals surface area contributed by atoms with Gasteiger partial charge in [0, 0.05) is 20.6 Å². The zero-order chi connectivity index (χ0) is 20.5. The van der Waals surface area contributed by atoms with Gasteiger partial charge < -0.3 is 14.8 Å². The SMILES string of the molecule is CC(C(=O)Nc1ccc(Br)cc1F)S(=O)(=O)Cc1cc(Cl)cc2c1OCOC2. The highest BCUT2D eigenvalue weighted by molar-refractivity contribution is 9.10. The van der Waals surface area contributed by atoms with E-state index in [1.807, 2.05) is 0 Å². The number of halogens is 3. The fourth-order valence-corrected chi connectivity index (χ4v) is 4.57. The monoisotopic (exact) mass is 491 g/mol. The van der Waals surface area contributed by atoms with Crippen molar-refractivity contribution in [1.29, 1.82) is 0 Å². The molecule has 1 aliphatic heterocycles. The minimum absolute atomic E-state index is 0.000559. The standard InChI is InChI=1S/C18H16BrClFNO5S/c1-10(18(23)22-16-3-2-13(19)6-15(16)21)28(24,25)8-12-5-14(20)4-11-7-26-9-27-17(11)12/h2-6,10H,7-9H2,1H3,(H,22,23). The molecule has 0 aromatic heterocycles. The number of nitrogens with one attached hydrogen (secondary N) is 1. The highest BCUT2D eigenvalue weighted by atomic mass is 79.9. The molecule has 0 spiro atoms. The van der Waals surface area contributed by atoms with E-state index in [-0.39, 0.29) is 19.1 Å². The predicted molar refractivity (Wildman–Crippen MR) is 107 cm³/mol. The molecule has 1 unspecified atom stereocenters. The number of carbonyl (C=O) groups is 1. The van der Waals surface area contributed by atoms with Crippen molar-refractivity contribution >= 4 is 49.0 Å². The first-order valence-corrected chi connectivity index (χ1v) is 11.1. The first-order valence-electron chi connectivity index (χ1n) is 8.16. The van der Waals surface area contributed by atoms with Crippen molar-refractivity contribution in [3.8, 4) is 5.75 Å². The van der Waals surface area contributed by atoms with E-state index in [2.05, 4.69) is 21.2 Å². The Morgan fingerprint density at radius 2 is 2.11 bits per heavy atom. The van der Waals surface area contributed by atoms with Gasteiger partial charge >= 0.3 is 0 Å². The molecule has 6 nitrogen and oxygen atoms in total. The average Bonchev–Trinajstić information content (AvgIpc) is 2.63. The van der Waals surface area contributed by atoms with Crippen LogP contribution < -0.4 is 10.1 Å². The number of sulfone groups is 1. The molecule has 3 rings (SSSR count). The molecule has 0 aliphatic carbocycles. The molecule has 1 atom stereocenters. The van der Waals surface area contributed by atoms with Crippen molar-refractivity contribution in [2.75, 3.05) is 12.1 Å². The Labute approximate surface area is 175 Å². The summed E-state index contributed by atoms with van der Waals surface area (Å²) in [6.45, 7) is 1.50. The number of fused-ring (bicyclic) bond motifs is 1. The number of amides is 1. The van der Waals surface area contributed by atoms with Gasteiger partial charge in [-0.25, -0.2) is 12.8 Å². The second-order valence-electron chi connectivity index (χ2n) is 6.23. The molecule has 0 bridgehead atoms. The molecule has 28 heavy (non-hydrogen) atoms. The van der Waals surface area contributed by atoms with Crippen LogP contribution in [0, 0.1) is 5.82 Å². The zero-order valence-corrected chi connectivity index (χ0v) is 17.8. The van der Waals surface area contributed by atoms with Crippen LogP contribution in [0.1, 0.15) is 18.1 Å². The van der Waals surface area contributed by atoms with Gasteiger partial charge in [-0.2, -0.15) is 0 Å². The minimum Gasteiger partial charge on any atom is -0.467 e. The van der Waals surface area contributed by atoms with E-state index in [9.17, 15) is 17.6 Å². The molecule has 0 saturated carbocycles. The maximum absolute atomic E-state index is 13.9. The molecule has 0 saturated heterocycles. The van der Waals surface area contributed by atoms with Crippen molar-refractivity contribution in [3.05, 3.63) is 56.8 Å². The summed E-state index contributed by atoms with van der Waals surface area (Å²) in [5.41, 5.74) is 0.883. The quantitative estimate of drug-likeness (QED) is 0.681. The lowest BCUT2D eigenvalue weighted by Gasteiger charge is -2.22. The molecule has 150 valence electrons. The van der Waals surface area contributed by atoms with Gasteiger partial charge in [0.25, 0.3) is 0 Å². The van der Waals surface area contributed by atoms with Crippen LogP contribution >= 0.6 is 27.5 Å². The number of ether oxygens (including phenoxy) is 2. The van der Waals surface area contributed by atoms with Gasteiger partial charge in [0.05, 0.1) is 18.0 Å². The normalized spacial score (nSPS) is 14.7. The van der Waals surface area contributed by atoms with Gasteiger partial charge in [-0.3, -0.25) is 4.79 Å². The summed E-state index contributed by atoms with van der Waals surface area (Å²) in [6.07, 6.45) is 0. The van der Waals surface area contributed by atoms with Crippen molar-refractivity contribution in [2.24, 2.45) is 0 Å². The Morgan fingerprint density at radius 1 is 1.36 bits per heavy atom. The fraction of sp³-hybridized carbons (Fsp3) is 0.278. The van der Waals surface area contributed by atoms with Crippen LogP contribution in [0.2, 0.25) is 5.02 Å². The number of hydrogen-bond donors (Lipinski definition) is 1. The third-order valence-electron chi connectivity index (χ3n) is 4.21. The van der Waals surface area contributed by atoms with E-state index in [4.69, 9.17) is 21.1 Å². The third kappa shape index (κ3) is 4.65. The van der Waals surface area contributed by atoms with E-state index >= 15 is 0 Å². The molecular formula is C18H16BrClFNO5S. The fourth-order valence-electron chi connectivity index (χ4n) is 2.69. The topological polar surface area (TPSA) is 81.7 Å². The van der Waals surface area contributed by atoms with E-state index in [0.29, 0.717) is 26.4 Å². The molecule has 2 aromatic rings. The lowest BCUT2D eigenvalue weighted by atomic mass is 10.1. The number of benzene rings is 2. The van der Waals surface area contributed by atoms with Crippen molar-refractivity contribution in [1.82, 2.24) is 0 Å². The van der Waals surface area contributed by atoms with Gasteiger partial charge in [0.1, 0.15) is 16.8 Å². The first-order chi connectivity index (χ1) is 13.2. The molecule has 1 amide bonds. The molecule has 0 fully saturated rings. The molecule has 2 aromatic carbocycles. The molecule has 1 aliphatic rings. The number of anilines is 1. The van der Waals surface area contributed by atoms with E-state index < -0.39 is 32.6 Å². The van der Waals surface area contributed by atoms with E-state index in [1.54, 1.807) is 6.07 Å². The van der Waals surface area contributed by atoms with Gasteiger partial charge in [0.2, 0.25) is 5.91 Å². The second-order valence-corrected chi connectivity index (χ2v) is 9.90. The second kappa shape index (κ2) is 8.36.